The number of fused-ring (bicyclic) bond motifs is 2. The molecular weight excluding hydrogens is 436 g/mol. The number of piperidine rings is 1. The normalized spacial score (nSPS) is 19.4. The summed E-state index contributed by atoms with van der Waals surface area (Å²) in [5, 5.41) is 11.9. The molecule has 2 N–H and O–H groups in total. The minimum atomic E-state index is -0.0134. The van der Waals surface area contributed by atoms with E-state index in [2.05, 4.69) is 68.7 Å². The number of anilines is 1. The Morgan fingerprint density at radius 2 is 1.97 bits per heavy atom. The van der Waals surface area contributed by atoms with Gasteiger partial charge >= 0.3 is 6.03 Å². The van der Waals surface area contributed by atoms with Gasteiger partial charge < -0.3 is 10.2 Å². The Morgan fingerprint density at radius 1 is 1.11 bits per heavy atom. The van der Waals surface area contributed by atoms with Gasteiger partial charge in [-0.1, -0.05) is 30.3 Å². The lowest BCUT2D eigenvalue weighted by Crippen LogP contribution is -2.52. The van der Waals surface area contributed by atoms with Crippen molar-refractivity contribution in [3.8, 4) is 11.3 Å². The number of likely N-dealkylation sites (tertiary alicyclic amines) is 1. The van der Waals surface area contributed by atoms with Crippen molar-refractivity contribution in [2.75, 3.05) is 18.4 Å². The molecule has 2 aliphatic heterocycles. The van der Waals surface area contributed by atoms with Crippen molar-refractivity contribution in [3.05, 3.63) is 77.6 Å². The topological polar surface area (TPSA) is 77.2 Å². The Balaban J connectivity index is 1.27. The molecule has 4 heterocycles. The van der Waals surface area contributed by atoms with Crippen molar-refractivity contribution >= 4 is 22.6 Å². The largest absolute Gasteiger partial charge is 0.322 e. The standard InChI is InChI=1S/C28H30N6O/c1-18-13-21(10-11-29-18)27-24-14-22-16-34(28(35)30-25(22)15-26(24)31-32-27)23-9-6-12-33(17-23)19(2)20-7-4-3-5-8-20/h3-5,7-8,10-11,13-15,19,23H,6,9,12,16-17H2,1-2H3,(H,30,35)(H,31,32)/t19?,23-/m1/s1. The zero-order valence-electron chi connectivity index (χ0n) is 20.2. The third kappa shape index (κ3) is 4.06. The number of carbonyl (C=O) groups excluding carboxylic acids is 1. The molecule has 7 nitrogen and oxygen atoms in total. The average molecular weight is 467 g/mol. The van der Waals surface area contributed by atoms with Crippen LogP contribution in [0.3, 0.4) is 0 Å². The van der Waals surface area contributed by atoms with E-state index in [0.717, 1.165) is 65.0 Å². The van der Waals surface area contributed by atoms with Gasteiger partial charge in [-0.25, -0.2) is 4.79 Å². The second kappa shape index (κ2) is 8.82. The second-order valence-electron chi connectivity index (χ2n) is 9.75. The molecule has 7 heteroatoms. The first-order valence-electron chi connectivity index (χ1n) is 12.4. The molecule has 0 bridgehead atoms. The first-order chi connectivity index (χ1) is 17.1. The molecule has 2 aliphatic rings. The Kier molecular flexibility index (Phi) is 5.49. The highest BCUT2D eigenvalue weighted by molar-refractivity contribution is 6.00. The van der Waals surface area contributed by atoms with Gasteiger partial charge in [0, 0.05) is 53.7 Å². The van der Waals surface area contributed by atoms with Crippen LogP contribution < -0.4 is 5.32 Å². The number of nitrogens with one attached hydrogen (secondary N) is 2. The summed E-state index contributed by atoms with van der Waals surface area (Å²) in [7, 11) is 0. The SMILES string of the molecule is Cc1cc(-c2n[nH]c3cc4c(cc23)CN([C@@H]2CCCN(C(C)c3ccccc3)C2)C(=O)N4)ccn1. The Hall–Kier alpha value is -3.71. The minimum Gasteiger partial charge on any atom is -0.316 e. The zero-order valence-corrected chi connectivity index (χ0v) is 20.2. The number of aryl methyl sites for hydroxylation is 1. The summed E-state index contributed by atoms with van der Waals surface area (Å²) in [4.78, 5) is 22.0. The van der Waals surface area contributed by atoms with E-state index in [9.17, 15) is 4.79 Å². The van der Waals surface area contributed by atoms with Gasteiger partial charge in [-0.05, 0) is 68.6 Å². The van der Waals surface area contributed by atoms with Gasteiger partial charge in [0.15, 0.2) is 0 Å². The first-order valence-corrected chi connectivity index (χ1v) is 12.4. The van der Waals surface area contributed by atoms with E-state index < -0.39 is 0 Å². The van der Waals surface area contributed by atoms with Gasteiger partial charge in [0.05, 0.1) is 5.52 Å². The Labute approximate surface area is 205 Å². The molecule has 2 amide bonds. The molecule has 0 saturated carbocycles. The number of pyridine rings is 1. The summed E-state index contributed by atoms with van der Waals surface area (Å²) in [6.07, 6.45) is 3.93. The van der Waals surface area contributed by atoms with Crippen molar-refractivity contribution in [2.45, 2.75) is 45.3 Å². The Morgan fingerprint density at radius 3 is 2.80 bits per heavy atom. The molecule has 0 spiro atoms. The van der Waals surface area contributed by atoms with Gasteiger partial charge in [-0.3, -0.25) is 15.0 Å². The summed E-state index contributed by atoms with van der Waals surface area (Å²) >= 11 is 0. The smallest absolute Gasteiger partial charge is 0.316 e. The van der Waals surface area contributed by atoms with Crippen LogP contribution in [0, 0.1) is 6.92 Å². The van der Waals surface area contributed by atoms with Crippen LogP contribution >= 0.6 is 0 Å². The molecule has 2 atom stereocenters. The van der Waals surface area contributed by atoms with E-state index in [1.165, 1.54) is 5.56 Å². The van der Waals surface area contributed by atoms with Gasteiger partial charge in [0.2, 0.25) is 0 Å². The maximum atomic E-state index is 13.2. The molecule has 4 aromatic rings. The maximum Gasteiger partial charge on any atom is 0.322 e. The van der Waals surface area contributed by atoms with E-state index in [0.29, 0.717) is 12.6 Å². The lowest BCUT2D eigenvalue weighted by atomic mass is 9.97. The highest BCUT2D eigenvalue weighted by Gasteiger charge is 2.34. The van der Waals surface area contributed by atoms with Crippen LogP contribution in [-0.4, -0.2) is 50.1 Å². The lowest BCUT2D eigenvalue weighted by molar-refractivity contribution is 0.0892. The predicted molar refractivity (Wildman–Crippen MR) is 138 cm³/mol. The van der Waals surface area contributed by atoms with Crippen molar-refractivity contribution in [2.24, 2.45) is 0 Å². The molecule has 6 rings (SSSR count). The molecule has 1 unspecified atom stereocenters. The van der Waals surface area contributed by atoms with Gasteiger partial charge in [-0.15, -0.1) is 0 Å². The molecule has 178 valence electrons. The van der Waals surface area contributed by atoms with Crippen LogP contribution in [0.1, 0.15) is 42.6 Å². The van der Waals surface area contributed by atoms with Gasteiger partial charge in [0.25, 0.3) is 0 Å². The number of amides is 2. The molecule has 35 heavy (non-hydrogen) atoms. The molecule has 0 radical (unpaired) electrons. The predicted octanol–water partition coefficient (Wildman–Crippen LogP) is 5.51. The van der Waals surface area contributed by atoms with E-state index in [4.69, 9.17) is 0 Å². The van der Waals surface area contributed by atoms with Crippen molar-refractivity contribution in [1.29, 1.82) is 0 Å². The van der Waals surface area contributed by atoms with E-state index in [1.54, 1.807) is 0 Å². The van der Waals surface area contributed by atoms with Crippen LogP contribution in [0.5, 0.6) is 0 Å². The van der Waals surface area contributed by atoms with Gasteiger partial charge in [-0.2, -0.15) is 5.10 Å². The Bertz CT molecular complexity index is 1380. The van der Waals surface area contributed by atoms with Crippen LogP contribution in [-0.2, 0) is 6.54 Å². The fraction of sp³-hybridized carbons (Fsp3) is 0.321. The average Bonchev–Trinajstić information content (AvgIpc) is 3.30. The van der Waals surface area contributed by atoms with Gasteiger partial charge in [0.1, 0.15) is 5.69 Å². The van der Waals surface area contributed by atoms with E-state index in [-0.39, 0.29) is 12.1 Å². The molecule has 2 aromatic heterocycles. The molecule has 2 aromatic carbocycles. The number of nitrogens with zero attached hydrogens (tertiary/aromatic N) is 4. The van der Waals surface area contributed by atoms with Crippen molar-refractivity contribution < 1.29 is 4.79 Å². The molecule has 0 aliphatic carbocycles. The number of urea groups is 1. The van der Waals surface area contributed by atoms with E-state index in [1.807, 2.05) is 36.2 Å². The molecule has 1 saturated heterocycles. The van der Waals surface area contributed by atoms with Crippen molar-refractivity contribution in [1.82, 2.24) is 25.0 Å². The summed E-state index contributed by atoms with van der Waals surface area (Å²) in [5.74, 6) is 0. The summed E-state index contributed by atoms with van der Waals surface area (Å²) in [5.41, 5.74) is 7.14. The summed E-state index contributed by atoms with van der Waals surface area (Å²) in [6.45, 7) is 6.80. The summed E-state index contributed by atoms with van der Waals surface area (Å²) in [6, 6.07) is 19.4. The van der Waals surface area contributed by atoms with Crippen LogP contribution in [0.25, 0.3) is 22.2 Å². The second-order valence-corrected chi connectivity index (χ2v) is 9.75. The number of H-pyrrole nitrogens is 1. The lowest BCUT2D eigenvalue weighted by Gasteiger charge is -2.43. The number of aromatic nitrogens is 3. The highest BCUT2D eigenvalue weighted by atomic mass is 16.2. The minimum absolute atomic E-state index is 0.0134. The maximum absolute atomic E-state index is 13.2. The summed E-state index contributed by atoms with van der Waals surface area (Å²) < 4.78 is 0. The monoisotopic (exact) mass is 466 g/mol. The van der Waals surface area contributed by atoms with Crippen LogP contribution in [0.2, 0.25) is 0 Å². The van der Waals surface area contributed by atoms with Crippen LogP contribution in [0.15, 0.2) is 60.8 Å². The zero-order chi connectivity index (χ0) is 23.9. The highest BCUT2D eigenvalue weighted by Crippen LogP contribution is 2.35. The van der Waals surface area contributed by atoms with E-state index >= 15 is 0 Å². The first kappa shape index (κ1) is 21.8. The van der Waals surface area contributed by atoms with Crippen molar-refractivity contribution in [3.63, 3.8) is 0 Å². The molecule has 1 fully saturated rings. The number of hydrogen-bond acceptors (Lipinski definition) is 4. The number of aromatic amines is 1. The third-order valence-corrected chi connectivity index (χ3v) is 7.50. The fourth-order valence-corrected chi connectivity index (χ4v) is 5.54. The molecular formula is C28H30N6O. The quantitative estimate of drug-likeness (QED) is 0.416. The third-order valence-electron chi connectivity index (χ3n) is 7.50. The number of benzene rings is 2. The number of carbonyl (C=O) groups is 1. The fourth-order valence-electron chi connectivity index (χ4n) is 5.54. The number of hydrogen-bond donors (Lipinski definition) is 2. The van der Waals surface area contributed by atoms with Crippen LogP contribution in [0.4, 0.5) is 10.5 Å². The number of rotatable bonds is 4.